The first kappa shape index (κ1) is 16.2. The predicted molar refractivity (Wildman–Crippen MR) is 97.7 cm³/mol. The number of nitrogen functional groups attached to an aromatic ring is 1. The summed E-state index contributed by atoms with van der Waals surface area (Å²) in [6, 6.07) is 11.0. The maximum Gasteiger partial charge on any atom is 0.217 e. The number of carbonyl (C=O) groups is 1. The van der Waals surface area contributed by atoms with E-state index in [1.807, 2.05) is 10.7 Å². The normalized spacial score (nSPS) is 15.0. The highest BCUT2D eigenvalue weighted by Gasteiger charge is 2.25. The largest absolute Gasteiger partial charge is 0.383 e. The molecule has 130 valence electrons. The summed E-state index contributed by atoms with van der Waals surface area (Å²) < 4.78 is 1.93. The fraction of sp³-hybridized carbons (Fsp3) is 0.263. The molecule has 0 unspecified atom stereocenters. The Morgan fingerprint density at radius 2 is 2.12 bits per heavy atom. The van der Waals surface area contributed by atoms with E-state index < -0.39 is 0 Å². The number of nitriles is 1. The lowest BCUT2D eigenvalue weighted by molar-refractivity contribution is 0.103. The Morgan fingerprint density at radius 3 is 2.85 bits per heavy atom. The van der Waals surface area contributed by atoms with E-state index in [0.29, 0.717) is 22.2 Å². The Bertz CT molecular complexity index is 1030. The fourth-order valence-corrected chi connectivity index (χ4v) is 3.44. The molecule has 0 amide bonds. The number of hydrogen-bond acceptors (Lipinski definition) is 6. The van der Waals surface area contributed by atoms with E-state index in [1.54, 1.807) is 30.5 Å². The third-order valence-electron chi connectivity index (χ3n) is 4.79. The minimum atomic E-state index is -0.275. The summed E-state index contributed by atoms with van der Waals surface area (Å²) >= 11 is 0. The molecule has 7 nitrogen and oxygen atoms in total. The van der Waals surface area contributed by atoms with E-state index in [0.717, 1.165) is 31.4 Å². The van der Waals surface area contributed by atoms with Crippen molar-refractivity contribution in [1.29, 1.82) is 5.26 Å². The second kappa shape index (κ2) is 6.58. The SMILES string of the molecule is N#Cc1ccc2c(c1)c(C(=O)c1cccnc1N)nn2C1CCNCC1. The zero-order valence-electron chi connectivity index (χ0n) is 14.1. The first-order valence-corrected chi connectivity index (χ1v) is 8.57. The van der Waals surface area contributed by atoms with Gasteiger partial charge in [-0.3, -0.25) is 9.48 Å². The van der Waals surface area contributed by atoms with Crippen molar-refractivity contribution in [2.45, 2.75) is 18.9 Å². The molecule has 3 heterocycles. The van der Waals surface area contributed by atoms with Gasteiger partial charge in [-0.2, -0.15) is 10.4 Å². The zero-order valence-corrected chi connectivity index (χ0v) is 14.1. The molecule has 0 saturated carbocycles. The van der Waals surface area contributed by atoms with Crippen molar-refractivity contribution < 1.29 is 4.79 Å². The molecule has 0 aliphatic carbocycles. The van der Waals surface area contributed by atoms with Crippen molar-refractivity contribution in [3.63, 3.8) is 0 Å². The van der Waals surface area contributed by atoms with Crippen LogP contribution in [0.1, 0.15) is 40.5 Å². The first-order chi connectivity index (χ1) is 12.7. The highest BCUT2D eigenvalue weighted by molar-refractivity contribution is 6.16. The summed E-state index contributed by atoms with van der Waals surface area (Å²) in [6.45, 7) is 1.84. The Kier molecular flexibility index (Phi) is 4.11. The average molecular weight is 346 g/mol. The number of pyridine rings is 1. The Labute approximate surface area is 150 Å². The minimum absolute atomic E-state index is 0.179. The summed E-state index contributed by atoms with van der Waals surface area (Å²) in [5, 5.41) is 17.9. The van der Waals surface area contributed by atoms with Gasteiger partial charge in [-0.25, -0.2) is 4.98 Å². The van der Waals surface area contributed by atoms with Gasteiger partial charge in [-0.1, -0.05) is 0 Å². The topological polar surface area (TPSA) is 110 Å². The number of fused-ring (bicyclic) bond motifs is 1. The highest BCUT2D eigenvalue weighted by Crippen LogP contribution is 2.29. The number of hydrogen-bond donors (Lipinski definition) is 2. The lowest BCUT2D eigenvalue weighted by Gasteiger charge is -2.23. The zero-order chi connectivity index (χ0) is 18.1. The van der Waals surface area contributed by atoms with Crippen molar-refractivity contribution in [3.8, 4) is 6.07 Å². The number of carbonyl (C=O) groups excluding carboxylic acids is 1. The van der Waals surface area contributed by atoms with Crippen LogP contribution in [0.4, 0.5) is 5.82 Å². The maximum atomic E-state index is 13.1. The molecule has 3 aromatic rings. The van der Waals surface area contributed by atoms with Gasteiger partial charge in [0.25, 0.3) is 0 Å². The quantitative estimate of drug-likeness (QED) is 0.702. The van der Waals surface area contributed by atoms with Gasteiger partial charge in [0.1, 0.15) is 11.5 Å². The molecule has 26 heavy (non-hydrogen) atoms. The summed E-state index contributed by atoms with van der Waals surface area (Å²) in [4.78, 5) is 17.1. The molecule has 3 N–H and O–H groups in total. The van der Waals surface area contributed by atoms with Crippen LogP contribution in [0.5, 0.6) is 0 Å². The number of nitrogens with zero attached hydrogens (tertiary/aromatic N) is 4. The average Bonchev–Trinajstić information content (AvgIpc) is 3.07. The van der Waals surface area contributed by atoms with Crippen LogP contribution in [0.25, 0.3) is 10.9 Å². The molecule has 2 aromatic heterocycles. The Hall–Kier alpha value is -3.24. The van der Waals surface area contributed by atoms with Gasteiger partial charge in [0.2, 0.25) is 5.78 Å². The molecule has 1 saturated heterocycles. The van der Waals surface area contributed by atoms with Crippen LogP contribution in [0.2, 0.25) is 0 Å². The van der Waals surface area contributed by atoms with E-state index in [9.17, 15) is 10.1 Å². The summed E-state index contributed by atoms with van der Waals surface area (Å²) in [6.07, 6.45) is 3.44. The minimum Gasteiger partial charge on any atom is -0.383 e. The number of rotatable bonds is 3. The monoisotopic (exact) mass is 346 g/mol. The molecule has 1 aliphatic rings. The van der Waals surface area contributed by atoms with Crippen LogP contribution in [-0.4, -0.2) is 33.6 Å². The van der Waals surface area contributed by atoms with Crippen molar-refractivity contribution >= 4 is 22.5 Å². The first-order valence-electron chi connectivity index (χ1n) is 8.57. The Balaban J connectivity index is 1.89. The molecule has 0 bridgehead atoms. The molecule has 0 atom stereocenters. The van der Waals surface area contributed by atoms with Crippen molar-refractivity contribution in [3.05, 3.63) is 53.3 Å². The van der Waals surface area contributed by atoms with Crippen LogP contribution in [0.3, 0.4) is 0 Å². The molecule has 7 heteroatoms. The third-order valence-corrected chi connectivity index (χ3v) is 4.79. The van der Waals surface area contributed by atoms with Gasteiger partial charge < -0.3 is 11.1 Å². The van der Waals surface area contributed by atoms with E-state index in [1.165, 1.54) is 0 Å². The summed E-state index contributed by atoms with van der Waals surface area (Å²) in [5.41, 5.74) is 7.88. The second-order valence-electron chi connectivity index (χ2n) is 6.38. The van der Waals surface area contributed by atoms with Crippen LogP contribution < -0.4 is 11.1 Å². The smallest absolute Gasteiger partial charge is 0.217 e. The number of aromatic nitrogens is 3. The van der Waals surface area contributed by atoms with E-state index in [-0.39, 0.29) is 17.6 Å². The van der Waals surface area contributed by atoms with Crippen LogP contribution in [-0.2, 0) is 0 Å². The number of nitrogens with one attached hydrogen (secondary N) is 1. The van der Waals surface area contributed by atoms with Crippen molar-refractivity contribution in [1.82, 2.24) is 20.1 Å². The van der Waals surface area contributed by atoms with Gasteiger partial charge in [0.05, 0.1) is 28.8 Å². The molecular weight excluding hydrogens is 328 g/mol. The molecule has 1 aliphatic heterocycles. The molecule has 4 rings (SSSR count). The number of benzene rings is 1. The fourth-order valence-electron chi connectivity index (χ4n) is 3.44. The van der Waals surface area contributed by atoms with Crippen LogP contribution in [0.15, 0.2) is 36.5 Å². The number of piperidine rings is 1. The lowest BCUT2D eigenvalue weighted by atomic mass is 10.0. The predicted octanol–water partition coefficient (Wildman–Crippen LogP) is 2.04. The Morgan fingerprint density at radius 1 is 1.31 bits per heavy atom. The standard InChI is InChI=1S/C19H18N6O/c20-11-12-3-4-16-15(10-12)17(18(26)14-2-1-7-23-19(14)21)24-25(16)13-5-8-22-9-6-13/h1-4,7,10,13,22H,5-6,8-9H2,(H2,21,23). The number of anilines is 1. The highest BCUT2D eigenvalue weighted by atomic mass is 16.1. The van der Waals surface area contributed by atoms with Gasteiger partial charge in [0.15, 0.2) is 0 Å². The van der Waals surface area contributed by atoms with Crippen LogP contribution >= 0.6 is 0 Å². The maximum absolute atomic E-state index is 13.1. The molecule has 0 spiro atoms. The molecule has 1 aromatic carbocycles. The second-order valence-corrected chi connectivity index (χ2v) is 6.38. The summed E-state index contributed by atoms with van der Waals surface area (Å²) in [5.74, 6) is -0.0955. The van der Waals surface area contributed by atoms with Gasteiger partial charge >= 0.3 is 0 Å². The van der Waals surface area contributed by atoms with E-state index in [4.69, 9.17) is 5.73 Å². The number of ketones is 1. The number of nitrogens with two attached hydrogens (primary N) is 1. The van der Waals surface area contributed by atoms with Gasteiger partial charge in [-0.05, 0) is 56.3 Å². The summed E-state index contributed by atoms with van der Waals surface area (Å²) in [7, 11) is 0. The van der Waals surface area contributed by atoms with Gasteiger partial charge in [-0.15, -0.1) is 0 Å². The molecular formula is C19H18N6O. The van der Waals surface area contributed by atoms with E-state index >= 15 is 0 Å². The van der Waals surface area contributed by atoms with Crippen molar-refractivity contribution in [2.24, 2.45) is 0 Å². The molecule has 0 radical (unpaired) electrons. The third kappa shape index (κ3) is 2.70. The van der Waals surface area contributed by atoms with Crippen molar-refractivity contribution in [2.75, 3.05) is 18.8 Å². The van der Waals surface area contributed by atoms with Gasteiger partial charge in [0, 0.05) is 11.6 Å². The van der Waals surface area contributed by atoms with Crippen LogP contribution in [0, 0.1) is 11.3 Å². The van der Waals surface area contributed by atoms with E-state index in [2.05, 4.69) is 21.5 Å². The molecule has 1 fully saturated rings. The lowest BCUT2D eigenvalue weighted by Crippen LogP contribution is -2.30.